The Bertz CT molecular complexity index is 1490. The lowest BCUT2D eigenvalue weighted by Crippen LogP contribution is -2.31. The number of anilines is 3. The first-order valence-electron chi connectivity index (χ1n) is 12.4. The summed E-state index contributed by atoms with van der Waals surface area (Å²) in [5, 5.41) is 6.84. The van der Waals surface area contributed by atoms with Gasteiger partial charge in [0.1, 0.15) is 0 Å². The van der Waals surface area contributed by atoms with Gasteiger partial charge in [-0.05, 0) is 98.4 Å². The number of fused-ring (bicyclic) bond motifs is 1. The summed E-state index contributed by atoms with van der Waals surface area (Å²) in [4.78, 5) is 36.4. The number of hydrogen-bond donors (Lipinski definition) is 3. The van der Waals surface area contributed by atoms with Crippen LogP contribution in [0.2, 0.25) is 0 Å². The number of likely N-dealkylation sites (tertiary alicyclic amines) is 1. The van der Waals surface area contributed by atoms with Gasteiger partial charge in [-0.2, -0.15) is 0 Å². The zero-order valence-electron chi connectivity index (χ0n) is 21.0. The number of nitrogens with two attached hydrogens (primary N) is 1. The minimum Gasteiger partial charge on any atom is -0.368 e. The van der Waals surface area contributed by atoms with Crippen molar-refractivity contribution in [3.63, 3.8) is 0 Å². The molecule has 0 unspecified atom stereocenters. The fraction of sp³-hybridized carbons (Fsp3) is 0.241. The van der Waals surface area contributed by atoms with E-state index in [1.165, 1.54) is 0 Å². The van der Waals surface area contributed by atoms with E-state index >= 15 is 0 Å². The SMILES string of the molecule is Cc1ccc(NC(=O)CN2CCCC2)c(NC(=O)c2ccc(C)c(-c3ccc4nc(N)ncc4c3)c2)c1. The van der Waals surface area contributed by atoms with Crippen molar-refractivity contribution in [3.8, 4) is 11.1 Å². The van der Waals surface area contributed by atoms with E-state index in [-0.39, 0.29) is 17.8 Å². The van der Waals surface area contributed by atoms with Gasteiger partial charge in [-0.15, -0.1) is 0 Å². The van der Waals surface area contributed by atoms with E-state index in [1.807, 2.05) is 62.4 Å². The van der Waals surface area contributed by atoms with Gasteiger partial charge in [-0.3, -0.25) is 14.5 Å². The molecule has 8 heteroatoms. The summed E-state index contributed by atoms with van der Waals surface area (Å²) in [5.74, 6) is -0.0995. The Hall–Kier alpha value is -4.30. The van der Waals surface area contributed by atoms with E-state index in [9.17, 15) is 9.59 Å². The number of amides is 2. The molecule has 37 heavy (non-hydrogen) atoms. The minimum absolute atomic E-state index is 0.0825. The van der Waals surface area contributed by atoms with E-state index in [0.717, 1.165) is 59.1 Å². The molecule has 8 nitrogen and oxygen atoms in total. The van der Waals surface area contributed by atoms with Crippen LogP contribution in [-0.4, -0.2) is 46.3 Å². The molecule has 4 aromatic rings. The van der Waals surface area contributed by atoms with Gasteiger partial charge in [0.05, 0.1) is 23.4 Å². The van der Waals surface area contributed by atoms with Crippen molar-refractivity contribution in [1.82, 2.24) is 14.9 Å². The molecule has 5 rings (SSSR count). The zero-order valence-corrected chi connectivity index (χ0v) is 21.0. The molecule has 2 amide bonds. The molecule has 0 bridgehead atoms. The van der Waals surface area contributed by atoms with Crippen molar-refractivity contribution >= 4 is 40.0 Å². The first-order valence-corrected chi connectivity index (χ1v) is 12.4. The van der Waals surface area contributed by atoms with Crippen molar-refractivity contribution in [2.45, 2.75) is 26.7 Å². The van der Waals surface area contributed by atoms with E-state index in [2.05, 4.69) is 25.5 Å². The third-order valence-corrected chi connectivity index (χ3v) is 6.67. The summed E-state index contributed by atoms with van der Waals surface area (Å²) >= 11 is 0. The zero-order chi connectivity index (χ0) is 25.9. The summed E-state index contributed by atoms with van der Waals surface area (Å²) in [6.07, 6.45) is 3.95. The molecule has 1 saturated heterocycles. The molecule has 3 aromatic carbocycles. The quantitative estimate of drug-likeness (QED) is 0.355. The standard InChI is InChI=1S/C29H30N6O2/c1-18-5-9-25(32-27(36)17-35-11-3-4-12-35)26(13-18)33-28(37)21-7-6-19(2)23(15-21)20-8-10-24-22(14-20)16-31-29(30)34-24/h5-10,13-16H,3-4,11-12,17H2,1-2H3,(H,32,36)(H,33,37)(H2,30,31,34). The number of rotatable bonds is 6. The number of benzene rings is 3. The molecule has 0 saturated carbocycles. The largest absolute Gasteiger partial charge is 0.368 e. The molecule has 4 N–H and O–H groups in total. The summed E-state index contributed by atoms with van der Waals surface area (Å²) in [6.45, 7) is 6.20. The lowest BCUT2D eigenvalue weighted by atomic mass is 9.97. The number of carbonyl (C=O) groups is 2. The van der Waals surface area contributed by atoms with Crippen LogP contribution >= 0.6 is 0 Å². The third kappa shape index (κ3) is 5.59. The predicted octanol–water partition coefficient (Wildman–Crippen LogP) is 4.78. The lowest BCUT2D eigenvalue weighted by molar-refractivity contribution is -0.117. The van der Waals surface area contributed by atoms with Crippen LogP contribution < -0.4 is 16.4 Å². The molecular weight excluding hydrogens is 464 g/mol. The number of nitrogens with one attached hydrogen (secondary N) is 2. The summed E-state index contributed by atoms with van der Waals surface area (Å²) < 4.78 is 0. The smallest absolute Gasteiger partial charge is 0.255 e. The molecule has 1 aromatic heterocycles. The number of aromatic nitrogens is 2. The van der Waals surface area contributed by atoms with Gasteiger partial charge < -0.3 is 16.4 Å². The lowest BCUT2D eigenvalue weighted by Gasteiger charge is -2.17. The Labute approximate surface area is 215 Å². The molecular formula is C29H30N6O2. The second kappa shape index (κ2) is 10.4. The van der Waals surface area contributed by atoms with Crippen molar-refractivity contribution in [1.29, 1.82) is 0 Å². The Morgan fingerprint density at radius 1 is 0.946 bits per heavy atom. The fourth-order valence-corrected chi connectivity index (χ4v) is 4.69. The van der Waals surface area contributed by atoms with Gasteiger partial charge in [0.25, 0.3) is 5.91 Å². The Morgan fingerprint density at radius 2 is 1.76 bits per heavy atom. The molecule has 1 aliphatic heterocycles. The van der Waals surface area contributed by atoms with Crippen LogP contribution in [0.4, 0.5) is 17.3 Å². The van der Waals surface area contributed by atoms with Crippen molar-refractivity contribution in [2.24, 2.45) is 0 Å². The molecule has 188 valence electrons. The molecule has 1 aliphatic rings. The maximum absolute atomic E-state index is 13.3. The first kappa shape index (κ1) is 24.4. The van der Waals surface area contributed by atoms with Gasteiger partial charge in [0.2, 0.25) is 11.9 Å². The van der Waals surface area contributed by atoms with E-state index in [1.54, 1.807) is 12.3 Å². The number of hydrogen-bond acceptors (Lipinski definition) is 6. The number of nitrogens with zero attached hydrogens (tertiary/aromatic N) is 3. The minimum atomic E-state index is -0.251. The molecule has 1 fully saturated rings. The topological polar surface area (TPSA) is 113 Å². The molecule has 0 radical (unpaired) electrons. The van der Waals surface area contributed by atoms with E-state index in [4.69, 9.17) is 5.73 Å². The Morgan fingerprint density at radius 3 is 2.57 bits per heavy atom. The van der Waals surface area contributed by atoms with Crippen LogP contribution in [0.25, 0.3) is 22.0 Å². The van der Waals surface area contributed by atoms with Crippen LogP contribution in [0.5, 0.6) is 0 Å². The van der Waals surface area contributed by atoms with Crippen LogP contribution in [0.15, 0.2) is 60.8 Å². The Balaban J connectivity index is 1.38. The van der Waals surface area contributed by atoms with Crippen LogP contribution in [0.3, 0.4) is 0 Å². The average Bonchev–Trinajstić information content (AvgIpc) is 3.38. The fourth-order valence-electron chi connectivity index (χ4n) is 4.69. The molecule has 2 heterocycles. The van der Waals surface area contributed by atoms with Gasteiger partial charge in [0.15, 0.2) is 0 Å². The average molecular weight is 495 g/mol. The van der Waals surface area contributed by atoms with Crippen LogP contribution in [0.1, 0.15) is 34.3 Å². The summed E-state index contributed by atoms with van der Waals surface area (Å²) in [5.41, 5.74) is 12.1. The predicted molar refractivity (Wildman–Crippen MR) is 148 cm³/mol. The number of nitrogen functional groups attached to an aromatic ring is 1. The van der Waals surface area contributed by atoms with E-state index < -0.39 is 0 Å². The molecule has 0 atom stereocenters. The summed E-state index contributed by atoms with van der Waals surface area (Å²) in [6, 6.07) is 17.1. The van der Waals surface area contributed by atoms with Crippen molar-refractivity contribution in [3.05, 3.63) is 77.5 Å². The third-order valence-electron chi connectivity index (χ3n) is 6.67. The van der Waals surface area contributed by atoms with E-state index in [0.29, 0.717) is 23.5 Å². The molecule has 0 aliphatic carbocycles. The highest BCUT2D eigenvalue weighted by atomic mass is 16.2. The number of aryl methyl sites for hydroxylation is 2. The van der Waals surface area contributed by atoms with Crippen molar-refractivity contribution in [2.75, 3.05) is 36.0 Å². The van der Waals surface area contributed by atoms with Gasteiger partial charge in [-0.25, -0.2) is 9.97 Å². The second-order valence-electron chi connectivity index (χ2n) is 9.57. The van der Waals surface area contributed by atoms with Crippen LogP contribution in [-0.2, 0) is 4.79 Å². The molecule has 0 spiro atoms. The first-order chi connectivity index (χ1) is 17.9. The normalized spacial score (nSPS) is 13.6. The second-order valence-corrected chi connectivity index (χ2v) is 9.57. The maximum atomic E-state index is 13.3. The highest BCUT2D eigenvalue weighted by Crippen LogP contribution is 2.29. The van der Waals surface area contributed by atoms with Gasteiger partial charge in [-0.1, -0.05) is 18.2 Å². The Kier molecular flexibility index (Phi) is 6.83. The van der Waals surface area contributed by atoms with Gasteiger partial charge >= 0.3 is 0 Å². The summed E-state index contributed by atoms with van der Waals surface area (Å²) in [7, 11) is 0. The van der Waals surface area contributed by atoms with Crippen molar-refractivity contribution < 1.29 is 9.59 Å². The number of carbonyl (C=O) groups excluding carboxylic acids is 2. The highest BCUT2D eigenvalue weighted by Gasteiger charge is 2.17. The monoisotopic (exact) mass is 494 g/mol. The highest BCUT2D eigenvalue weighted by molar-refractivity contribution is 6.08. The van der Waals surface area contributed by atoms with Crippen LogP contribution in [0, 0.1) is 13.8 Å². The maximum Gasteiger partial charge on any atom is 0.255 e. The van der Waals surface area contributed by atoms with Gasteiger partial charge in [0, 0.05) is 17.1 Å².